The molecule has 0 saturated carbocycles. The van der Waals surface area contributed by atoms with Crippen LogP contribution >= 0.6 is 27.7 Å². The van der Waals surface area contributed by atoms with E-state index in [1.165, 1.54) is 23.9 Å². The normalized spacial score (nSPS) is 16.0. The number of carbonyl (C=O) groups is 1. The van der Waals surface area contributed by atoms with Gasteiger partial charge in [0.1, 0.15) is 0 Å². The van der Waals surface area contributed by atoms with Crippen LogP contribution < -0.4 is 0 Å². The summed E-state index contributed by atoms with van der Waals surface area (Å²) in [7, 11) is 0. The number of thioether (sulfide) groups is 1. The van der Waals surface area contributed by atoms with Gasteiger partial charge >= 0.3 is 0 Å². The number of rotatable bonds is 6. The van der Waals surface area contributed by atoms with Crippen LogP contribution in [0.25, 0.3) is 17.0 Å². The highest BCUT2D eigenvalue weighted by atomic mass is 79.9. The van der Waals surface area contributed by atoms with E-state index in [4.69, 9.17) is 0 Å². The summed E-state index contributed by atoms with van der Waals surface area (Å²) in [4.78, 5) is 34.2. The van der Waals surface area contributed by atoms with Gasteiger partial charge in [0, 0.05) is 40.2 Å². The molecule has 0 atom stereocenters. The number of nitro groups is 1. The number of nitrogens with one attached hydrogen (secondary N) is 1. The molecule has 9 heteroatoms. The van der Waals surface area contributed by atoms with Crippen LogP contribution in [0.1, 0.15) is 11.1 Å². The van der Waals surface area contributed by atoms with Crippen molar-refractivity contribution < 1.29 is 9.72 Å². The van der Waals surface area contributed by atoms with Crippen LogP contribution in [0.4, 0.5) is 11.4 Å². The van der Waals surface area contributed by atoms with E-state index in [0.717, 1.165) is 26.5 Å². The third-order valence-corrected chi connectivity index (χ3v) is 7.37. The van der Waals surface area contributed by atoms with Gasteiger partial charge in [0.2, 0.25) is 0 Å². The fraction of sp³-hybridized carbons (Fsp3) is 0.0769. The number of aliphatic imine (C=N–C) groups is 1. The number of nitro benzene ring substituents is 1. The first-order valence-electron chi connectivity index (χ1n) is 10.8. The smallest absolute Gasteiger partial charge is 0.269 e. The SMILES string of the molecule is O=C1/C(=C/c2ccccc2Br)SC(=Nc2ccc([N+](=O)[O-])cc2)N1CCc1c[nH]c2ccccc12. The van der Waals surface area contributed by atoms with E-state index in [-0.39, 0.29) is 11.6 Å². The standard InChI is InChI=1S/C26H19BrN4O3S/c27-22-7-3-1-5-17(22)15-24-25(32)30(14-13-18-16-28-23-8-4-2-6-21(18)23)26(35-24)29-19-9-11-20(12-10-19)31(33)34/h1-12,15-16,28H,13-14H2/b24-15-,29-26?. The lowest BCUT2D eigenvalue weighted by atomic mass is 10.1. The zero-order valence-corrected chi connectivity index (χ0v) is 20.8. The van der Waals surface area contributed by atoms with Crippen molar-refractivity contribution in [1.29, 1.82) is 0 Å². The average Bonchev–Trinajstić information content (AvgIpc) is 3.40. The molecule has 174 valence electrons. The van der Waals surface area contributed by atoms with Crippen molar-refractivity contribution in [2.75, 3.05) is 6.54 Å². The number of nitrogens with zero attached hydrogens (tertiary/aromatic N) is 3. The maximum Gasteiger partial charge on any atom is 0.269 e. The summed E-state index contributed by atoms with van der Waals surface area (Å²) in [5.74, 6) is -0.119. The van der Waals surface area contributed by atoms with Crippen LogP contribution in [0.2, 0.25) is 0 Å². The van der Waals surface area contributed by atoms with Crippen molar-refractivity contribution in [3.05, 3.63) is 110 Å². The molecular formula is C26H19BrN4O3S. The lowest BCUT2D eigenvalue weighted by Gasteiger charge is -2.15. The Morgan fingerprint density at radius 2 is 1.80 bits per heavy atom. The summed E-state index contributed by atoms with van der Waals surface area (Å²) in [5, 5.41) is 12.7. The second kappa shape index (κ2) is 9.89. The number of fused-ring (bicyclic) bond motifs is 1. The van der Waals surface area contributed by atoms with Crippen molar-refractivity contribution in [1.82, 2.24) is 9.88 Å². The highest BCUT2D eigenvalue weighted by Gasteiger charge is 2.33. The summed E-state index contributed by atoms with van der Waals surface area (Å²) < 4.78 is 0.895. The molecule has 4 aromatic rings. The van der Waals surface area contributed by atoms with Gasteiger partial charge in [0.25, 0.3) is 11.6 Å². The molecule has 1 N–H and O–H groups in total. The van der Waals surface area contributed by atoms with Gasteiger partial charge in [-0.15, -0.1) is 0 Å². The van der Waals surface area contributed by atoms with Crippen LogP contribution in [0.15, 0.2) is 93.4 Å². The first kappa shape index (κ1) is 23.1. The van der Waals surface area contributed by atoms with Crippen molar-refractivity contribution in [2.24, 2.45) is 4.99 Å². The maximum atomic E-state index is 13.4. The summed E-state index contributed by atoms with van der Waals surface area (Å²) in [6, 6.07) is 21.8. The maximum absolute atomic E-state index is 13.4. The van der Waals surface area contributed by atoms with E-state index in [1.54, 1.807) is 17.0 Å². The zero-order valence-electron chi connectivity index (χ0n) is 18.3. The van der Waals surface area contributed by atoms with Gasteiger partial charge in [-0.2, -0.15) is 0 Å². The molecule has 2 heterocycles. The van der Waals surface area contributed by atoms with E-state index < -0.39 is 4.92 Å². The Bertz CT molecular complexity index is 1490. The molecule has 1 aliphatic rings. The molecule has 0 spiro atoms. The largest absolute Gasteiger partial charge is 0.361 e. The number of para-hydroxylation sites is 1. The topological polar surface area (TPSA) is 91.6 Å². The lowest BCUT2D eigenvalue weighted by molar-refractivity contribution is -0.384. The molecule has 1 amide bonds. The number of H-pyrrole nitrogens is 1. The number of aromatic amines is 1. The van der Waals surface area contributed by atoms with E-state index in [9.17, 15) is 14.9 Å². The zero-order chi connectivity index (χ0) is 24.4. The predicted octanol–water partition coefficient (Wildman–Crippen LogP) is 6.69. The van der Waals surface area contributed by atoms with Crippen LogP contribution in [0, 0.1) is 10.1 Å². The molecule has 1 aliphatic heterocycles. The number of aromatic nitrogens is 1. The molecule has 1 fully saturated rings. The number of non-ortho nitro benzene ring substituents is 1. The average molecular weight is 547 g/mol. The van der Waals surface area contributed by atoms with Crippen LogP contribution in [0.3, 0.4) is 0 Å². The van der Waals surface area contributed by atoms with Crippen LogP contribution in [-0.4, -0.2) is 32.4 Å². The number of hydrogen-bond donors (Lipinski definition) is 1. The molecule has 0 bridgehead atoms. The van der Waals surface area contributed by atoms with Crippen LogP contribution in [0.5, 0.6) is 0 Å². The summed E-state index contributed by atoms with van der Waals surface area (Å²) in [5.41, 5.74) is 3.62. The van der Waals surface area contributed by atoms with Crippen molar-refractivity contribution in [3.8, 4) is 0 Å². The second-order valence-corrected chi connectivity index (χ2v) is 9.73. The van der Waals surface area contributed by atoms with E-state index in [0.29, 0.717) is 28.7 Å². The Morgan fingerprint density at radius 3 is 2.57 bits per heavy atom. The second-order valence-electron chi connectivity index (χ2n) is 7.87. The highest BCUT2D eigenvalue weighted by molar-refractivity contribution is 9.10. The molecule has 35 heavy (non-hydrogen) atoms. The monoisotopic (exact) mass is 546 g/mol. The quantitative estimate of drug-likeness (QED) is 0.166. The van der Waals surface area contributed by atoms with E-state index >= 15 is 0 Å². The van der Waals surface area contributed by atoms with Crippen molar-refractivity contribution >= 4 is 67.1 Å². The third-order valence-electron chi connectivity index (χ3n) is 5.64. The Labute approximate surface area is 213 Å². The molecule has 1 saturated heterocycles. The molecule has 1 aromatic heterocycles. The third kappa shape index (κ3) is 4.91. The van der Waals surface area contributed by atoms with E-state index in [1.807, 2.05) is 54.7 Å². The number of amides is 1. The molecule has 7 nitrogen and oxygen atoms in total. The lowest BCUT2D eigenvalue weighted by Crippen LogP contribution is -2.31. The number of halogens is 1. The fourth-order valence-corrected chi connectivity index (χ4v) is 5.27. The molecular weight excluding hydrogens is 528 g/mol. The fourth-order valence-electron chi connectivity index (χ4n) is 3.85. The minimum absolute atomic E-state index is 0.00481. The minimum Gasteiger partial charge on any atom is -0.361 e. The number of hydrogen-bond acceptors (Lipinski definition) is 5. The number of amidine groups is 1. The predicted molar refractivity (Wildman–Crippen MR) is 144 cm³/mol. The Balaban J connectivity index is 1.47. The molecule has 0 radical (unpaired) electrons. The molecule has 0 unspecified atom stereocenters. The molecule has 3 aromatic carbocycles. The first-order valence-corrected chi connectivity index (χ1v) is 12.4. The van der Waals surface area contributed by atoms with Gasteiger partial charge in [-0.1, -0.05) is 52.3 Å². The van der Waals surface area contributed by atoms with Gasteiger partial charge in [-0.25, -0.2) is 4.99 Å². The summed E-state index contributed by atoms with van der Waals surface area (Å²) in [6.45, 7) is 0.451. The Kier molecular flexibility index (Phi) is 6.52. The van der Waals surface area contributed by atoms with Gasteiger partial charge in [-0.05, 0) is 59.7 Å². The van der Waals surface area contributed by atoms with Gasteiger partial charge < -0.3 is 4.98 Å². The van der Waals surface area contributed by atoms with Crippen molar-refractivity contribution in [3.63, 3.8) is 0 Å². The van der Waals surface area contributed by atoms with Gasteiger partial charge in [0.15, 0.2) is 5.17 Å². The van der Waals surface area contributed by atoms with Gasteiger partial charge in [0.05, 0.1) is 15.5 Å². The minimum atomic E-state index is -0.448. The summed E-state index contributed by atoms with van der Waals surface area (Å²) in [6.07, 6.45) is 4.48. The highest BCUT2D eigenvalue weighted by Crippen LogP contribution is 2.36. The van der Waals surface area contributed by atoms with Crippen molar-refractivity contribution in [2.45, 2.75) is 6.42 Å². The number of benzene rings is 3. The van der Waals surface area contributed by atoms with Gasteiger partial charge in [-0.3, -0.25) is 19.8 Å². The summed E-state index contributed by atoms with van der Waals surface area (Å²) >= 11 is 4.84. The Hall–Kier alpha value is -3.69. The Morgan fingerprint density at radius 1 is 1.06 bits per heavy atom. The molecule has 0 aliphatic carbocycles. The van der Waals surface area contributed by atoms with Crippen LogP contribution in [-0.2, 0) is 11.2 Å². The van der Waals surface area contributed by atoms with E-state index in [2.05, 4.69) is 32.0 Å². The first-order chi connectivity index (χ1) is 17.0. The molecule has 5 rings (SSSR count). The number of carbonyl (C=O) groups excluding carboxylic acids is 1.